The van der Waals surface area contributed by atoms with Gasteiger partial charge in [0.15, 0.2) is 5.78 Å². The van der Waals surface area contributed by atoms with Gasteiger partial charge in [0.25, 0.3) is 5.91 Å². The van der Waals surface area contributed by atoms with Gasteiger partial charge in [-0.05, 0) is 49.4 Å². The average molecular weight is 386 g/mol. The zero-order valence-electron chi connectivity index (χ0n) is 13.3. The van der Waals surface area contributed by atoms with Crippen molar-refractivity contribution in [3.05, 3.63) is 59.7 Å². The molecule has 0 spiro atoms. The van der Waals surface area contributed by atoms with E-state index in [4.69, 9.17) is 0 Å². The molecule has 2 N–H and O–H groups in total. The van der Waals surface area contributed by atoms with Crippen molar-refractivity contribution in [2.45, 2.75) is 12.4 Å². The number of hydrogen-bond acceptors (Lipinski definition) is 4. The lowest BCUT2D eigenvalue weighted by Gasteiger charge is -2.11. The second-order valence-electron chi connectivity index (χ2n) is 5.22. The number of carbonyl (C=O) groups excluding carboxylic acids is 2. The maximum atomic E-state index is 12.4. The van der Waals surface area contributed by atoms with E-state index in [2.05, 4.69) is 5.32 Å². The van der Waals surface area contributed by atoms with E-state index in [9.17, 15) is 31.2 Å². The topological polar surface area (TPSA) is 92.3 Å². The molecule has 0 atom stereocenters. The minimum absolute atomic E-state index is 0.0528. The fourth-order valence-electron chi connectivity index (χ4n) is 1.93. The Bertz CT molecular complexity index is 939. The average Bonchev–Trinajstić information content (AvgIpc) is 2.54. The molecule has 26 heavy (non-hydrogen) atoms. The molecule has 10 heteroatoms. The second-order valence-corrected chi connectivity index (χ2v) is 6.89. The number of benzene rings is 2. The van der Waals surface area contributed by atoms with Gasteiger partial charge in [0.1, 0.15) is 0 Å². The van der Waals surface area contributed by atoms with Gasteiger partial charge in [0, 0.05) is 22.5 Å². The van der Waals surface area contributed by atoms with E-state index >= 15 is 0 Å². The monoisotopic (exact) mass is 386 g/mol. The van der Waals surface area contributed by atoms with Crippen LogP contribution in [-0.2, 0) is 10.0 Å². The van der Waals surface area contributed by atoms with E-state index in [0.717, 1.165) is 12.1 Å². The van der Waals surface area contributed by atoms with Crippen LogP contribution in [0.3, 0.4) is 0 Å². The number of nitrogens with one attached hydrogen (secondary N) is 2. The van der Waals surface area contributed by atoms with E-state index in [-0.39, 0.29) is 11.3 Å². The molecule has 0 aliphatic heterocycles. The molecule has 0 bridgehead atoms. The molecule has 0 radical (unpaired) electrons. The van der Waals surface area contributed by atoms with Crippen LogP contribution >= 0.6 is 0 Å². The molecule has 2 rings (SSSR count). The molecular weight excluding hydrogens is 373 g/mol. The first-order valence-electron chi connectivity index (χ1n) is 7.11. The Hall–Kier alpha value is -2.88. The van der Waals surface area contributed by atoms with Gasteiger partial charge in [-0.15, -0.1) is 0 Å². The van der Waals surface area contributed by atoms with Crippen LogP contribution in [-0.4, -0.2) is 25.6 Å². The zero-order valence-corrected chi connectivity index (χ0v) is 14.1. The lowest BCUT2D eigenvalue weighted by Crippen LogP contribution is -2.30. The summed E-state index contributed by atoms with van der Waals surface area (Å²) in [5.41, 5.74) is -5.11. The van der Waals surface area contributed by atoms with Crippen molar-refractivity contribution < 1.29 is 31.2 Å². The molecule has 2 aromatic rings. The first kappa shape index (κ1) is 19.4. The molecule has 6 nitrogen and oxygen atoms in total. The molecule has 138 valence electrons. The highest BCUT2D eigenvalue weighted by molar-refractivity contribution is 7.93. The summed E-state index contributed by atoms with van der Waals surface area (Å²) in [5.74, 6) is -0.804. The van der Waals surface area contributed by atoms with Gasteiger partial charge in [0.05, 0.1) is 0 Å². The third-order valence-corrected chi connectivity index (χ3v) is 4.34. The van der Waals surface area contributed by atoms with Crippen LogP contribution in [0.1, 0.15) is 27.6 Å². The lowest BCUT2D eigenvalue weighted by molar-refractivity contribution is -0.0429. The van der Waals surface area contributed by atoms with Crippen molar-refractivity contribution in [3.63, 3.8) is 0 Å². The number of ketones is 1. The van der Waals surface area contributed by atoms with Gasteiger partial charge < -0.3 is 5.32 Å². The first-order chi connectivity index (χ1) is 12.0. The number of carbonyl (C=O) groups is 2. The van der Waals surface area contributed by atoms with Crippen molar-refractivity contribution in [2.75, 3.05) is 10.0 Å². The number of alkyl halides is 3. The summed E-state index contributed by atoms with van der Waals surface area (Å²) < 4.78 is 60.8. The standard InChI is InChI=1S/C16H13F3N2O4S/c1-10(22)11-5-7-13(8-6-11)20-15(23)12-3-2-4-14(9-12)21-26(24,25)16(17,18)19/h2-9,21H,1H3,(H,20,23). The van der Waals surface area contributed by atoms with Gasteiger partial charge in [-0.1, -0.05) is 6.07 Å². The van der Waals surface area contributed by atoms with Crippen molar-refractivity contribution in [1.29, 1.82) is 0 Å². The predicted molar refractivity (Wildman–Crippen MR) is 89.4 cm³/mol. The SMILES string of the molecule is CC(=O)c1ccc(NC(=O)c2cccc(NS(=O)(=O)C(F)(F)F)c2)cc1. The number of rotatable bonds is 5. The lowest BCUT2D eigenvalue weighted by atomic mass is 10.1. The molecule has 1 amide bonds. The summed E-state index contributed by atoms with van der Waals surface area (Å²) in [7, 11) is -5.58. The third-order valence-electron chi connectivity index (χ3n) is 3.23. The van der Waals surface area contributed by atoms with Gasteiger partial charge in [-0.2, -0.15) is 21.6 Å². The van der Waals surface area contributed by atoms with E-state index < -0.39 is 27.1 Å². The highest BCUT2D eigenvalue weighted by atomic mass is 32.2. The van der Waals surface area contributed by atoms with Gasteiger partial charge in [0.2, 0.25) is 0 Å². The van der Waals surface area contributed by atoms with Gasteiger partial charge in [-0.3, -0.25) is 14.3 Å². The fourth-order valence-corrected chi connectivity index (χ4v) is 2.48. The maximum absolute atomic E-state index is 12.4. The summed E-state index contributed by atoms with van der Waals surface area (Å²) >= 11 is 0. The van der Waals surface area contributed by atoms with Crippen LogP contribution < -0.4 is 10.0 Å². The van der Waals surface area contributed by atoms with Crippen LogP contribution in [0, 0.1) is 0 Å². The largest absolute Gasteiger partial charge is 0.516 e. The van der Waals surface area contributed by atoms with Gasteiger partial charge >= 0.3 is 15.5 Å². The van der Waals surface area contributed by atoms with E-state index in [1.807, 2.05) is 0 Å². The highest BCUT2D eigenvalue weighted by Crippen LogP contribution is 2.25. The minimum Gasteiger partial charge on any atom is -0.322 e. The third kappa shape index (κ3) is 4.60. The molecule has 2 aromatic carbocycles. The second kappa shape index (κ2) is 7.16. The number of Topliss-reactive ketones (excluding diaryl/α,β-unsaturated/α-hetero) is 1. The highest BCUT2D eigenvalue weighted by Gasteiger charge is 2.46. The van der Waals surface area contributed by atoms with Crippen LogP contribution in [0.5, 0.6) is 0 Å². The maximum Gasteiger partial charge on any atom is 0.516 e. The Balaban J connectivity index is 2.16. The smallest absolute Gasteiger partial charge is 0.322 e. The van der Waals surface area contributed by atoms with Crippen molar-refractivity contribution in [1.82, 2.24) is 0 Å². The Morgan fingerprint density at radius 1 is 0.923 bits per heavy atom. The molecule has 0 unspecified atom stereocenters. The van der Waals surface area contributed by atoms with E-state index in [1.54, 1.807) is 0 Å². The normalized spacial score (nSPS) is 11.7. The molecule has 0 aliphatic rings. The molecule has 0 saturated carbocycles. The molecule has 0 heterocycles. The molecule has 0 aromatic heterocycles. The summed E-state index contributed by atoms with van der Waals surface area (Å²) in [5, 5.41) is 2.49. The van der Waals surface area contributed by atoms with E-state index in [0.29, 0.717) is 11.3 Å². The summed E-state index contributed by atoms with van der Waals surface area (Å²) in [6, 6.07) is 10.6. The number of amides is 1. The number of sulfonamides is 1. The van der Waals surface area contributed by atoms with Crippen molar-refractivity contribution >= 4 is 33.1 Å². The van der Waals surface area contributed by atoms with Crippen LogP contribution in [0.4, 0.5) is 24.5 Å². The van der Waals surface area contributed by atoms with E-state index in [1.165, 1.54) is 48.0 Å². The Morgan fingerprint density at radius 3 is 2.08 bits per heavy atom. The minimum atomic E-state index is -5.58. The quantitative estimate of drug-likeness (QED) is 0.771. The Morgan fingerprint density at radius 2 is 1.54 bits per heavy atom. The Kier molecular flexibility index (Phi) is 5.36. The summed E-state index contributed by atoms with van der Waals surface area (Å²) in [6.07, 6.45) is 0. The van der Waals surface area contributed by atoms with Crippen molar-refractivity contribution in [3.8, 4) is 0 Å². The molecule has 0 saturated heterocycles. The Labute approximate surface area is 147 Å². The molecule has 0 fully saturated rings. The van der Waals surface area contributed by atoms with Crippen LogP contribution in [0.2, 0.25) is 0 Å². The van der Waals surface area contributed by atoms with Crippen LogP contribution in [0.15, 0.2) is 48.5 Å². The van der Waals surface area contributed by atoms with Crippen LogP contribution in [0.25, 0.3) is 0 Å². The summed E-state index contributed by atoms with van der Waals surface area (Å²) in [4.78, 5) is 23.4. The zero-order chi connectivity index (χ0) is 19.5. The fraction of sp³-hybridized carbons (Fsp3) is 0.125. The van der Waals surface area contributed by atoms with Crippen molar-refractivity contribution in [2.24, 2.45) is 0 Å². The summed E-state index contributed by atoms with van der Waals surface area (Å²) in [6.45, 7) is 1.39. The number of halogens is 3. The molecular formula is C16H13F3N2O4S. The van der Waals surface area contributed by atoms with Gasteiger partial charge in [-0.25, -0.2) is 0 Å². The number of anilines is 2. The predicted octanol–water partition coefficient (Wildman–Crippen LogP) is 3.40. The number of hydrogen-bond donors (Lipinski definition) is 2. The molecule has 0 aliphatic carbocycles. The first-order valence-corrected chi connectivity index (χ1v) is 8.59.